The van der Waals surface area contributed by atoms with Crippen LogP contribution in [0.1, 0.15) is 11.1 Å². The van der Waals surface area contributed by atoms with Crippen LogP contribution in [0.3, 0.4) is 0 Å². The van der Waals surface area contributed by atoms with E-state index in [2.05, 4.69) is 10.6 Å². The van der Waals surface area contributed by atoms with Crippen LogP contribution in [0.5, 0.6) is 0 Å². The van der Waals surface area contributed by atoms with Crippen molar-refractivity contribution in [3.05, 3.63) is 65.5 Å². The molecule has 0 aliphatic heterocycles. The Bertz CT molecular complexity index is 654. The number of amides is 2. The monoisotopic (exact) mass is 286 g/mol. The molecule has 0 saturated heterocycles. The highest BCUT2D eigenvalue weighted by Gasteiger charge is 2.13. The predicted octanol–water partition coefficient (Wildman–Crippen LogP) is 2.39. The van der Waals surface area contributed by atoms with Crippen LogP contribution < -0.4 is 10.6 Å². The highest BCUT2D eigenvalue weighted by Crippen LogP contribution is 2.08. The van der Waals surface area contributed by atoms with Crippen molar-refractivity contribution in [1.29, 1.82) is 0 Å². The second-order valence-electron chi connectivity index (χ2n) is 4.57. The van der Waals surface area contributed by atoms with E-state index >= 15 is 0 Å². The fourth-order valence-electron chi connectivity index (χ4n) is 1.79. The van der Waals surface area contributed by atoms with Gasteiger partial charge < -0.3 is 10.6 Å². The Balaban J connectivity index is 1.90. The molecule has 0 aliphatic rings. The number of carbonyl (C=O) groups is 2. The summed E-state index contributed by atoms with van der Waals surface area (Å²) in [5, 5.41) is 4.95. The van der Waals surface area contributed by atoms with E-state index in [1.165, 1.54) is 24.3 Å². The Labute approximate surface area is 122 Å². The number of halogens is 1. The van der Waals surface area contributed by atoms with Gasteiger partial charge in [0.05, 0.1) is 0 Å². The van der Waals surface area contributed by atoms with Crippen molar-refractivity contribution in [2.45, 2.75) is 13.5 Å². The van der Waals surface area contributed by atoms with E-state index in [1.807, 2.05) is 31.2 Å². The lowest BCUT2D eigenvalue weighted by Crippen LogP contribution is -2.35. The third kappa shape index (κ3) is 4.14. The molecular formula is C16H15FN2O2. The van der Waals surface area contributed by atoms with E-state index in [0.29, 0.717) is 5.69 Å². The summed E-state index contributed by atoms with van der Waals surface area (Å²) in [4.78, 5) is 23.4. The van der Waals surface area contributed by atoms with Gasteiger partial charge in [0.1, 0.15) is 5.82 Å². The molecule has 2 aromatic rings. The second kappa shape index (κ2) is 6.65. The van der Waals surface area contributed by atoms with Gasteiger partial charge >= 0.3 is 11.8 Å². The minimum atomic E-state index is -0.782. The van der Waals surface area contributed by atoms with Gasteiger partial charge in [-0.3, -0.25) is 9.59 Å². The zero-order valence-corrected chi connectivity index (χ0v) is 11.5. The number of carbonyl (C=O) groups excluding carboxylic acids is 2. The van der Waals surface area contributed by atoms with Crippen LogP contribution >= 0.6 is 0 Å². The Hall–Kier alpha value is -2.69. The third-order valence-electron chi connectivity index (χ3n) is 3.01. The van der Waals surface area contributed by atoms with Crippen molar-refractivity contribution in [3.8, 4) is 0 Å². The summed E-state index contributed by atoms with van der Waals surface area (Å²) < 4.78 is 12.7. The topological polar surface area (TPSA) is 58.2 Å². The van der Waals surface area contributed by atoms with Crippen LogP contribution in [-0.4, -0.2) is 11.8 Å². The van der Waals surface area contributed by atoms with Crippen molar-refractivity contribution in [2.24, 2.45) is 0 Å². The van der Waals surface area contributed by atoms with Crippen molar-refractivity contribution in [2.75, 3.05) is 5.32 Å². The molecule has 0 unspecified atom stereocenters. The first-order valence-corrected chi connectivity index (χ1v) is 6.45. The molecule has 2 rings (SSSR count). The van der Waals surface area contributed by atoms with Gasteiger partial charge in [-0.2, -0.15) is 0 Å². The molecule has 0 fully saturated rings. The first kappa shape index (κ1) is 14.7. The minimum absolute atomic E-state index is 0.280. The smallest absolute Gasteiger partial charge is 0.313 e. The normalized spacial score (nSPS) is 10.0. The molecule has 0 atom stereocenters. The Morgan fingerprint density at radius 3 is 2.33 bits per heavy atom. The molecule has 0 aliphatic carbocycles. The number of hydrogen-bond acceptors (Lipinski definition) is 2. The van der Waals surface area contributed by atoms with Gasteiger partial charge in [-0.25, -0.2) is 4.39 Å². The second-order valence-corrected chi connectivity index (χ2v) is 4.57. The molecule has 0 bridgehead atoms. The molecule has 0 aromatic heterocycles. The quantitative estimate of drug-likeness (QED) is 0.851. The highest BCUT2D eigenvalue weighted by molar-refractivity contribution is 6.39. The standard InChI is InChI=1S/C16H15FN2O2/c1-11-4-2-3-5-12(11)10-18-15(20)16(21)19-14-8-6-13(17)7-9-14/h2-9H,10H2,1H3,(H,18,20)(H,19,21). The first-order chi connectivity index (χ1) is 10.1. The van der Waals surface area contributed by atoms with Gasteiger partial charge in [-0.1, -0.05) is 24.3 Å². The van der Waals surface area contributed by atoms with Gasteiger partial charge in [0, 0.05) is 12.2 Å². The van der Waals surface area contributed by atoms with Crippen molar-refractivity contribution >= 4 is 17.5 Å². The lowest BCUT2D eigenvalue weighted by atomic mass is 10.1. The fourth-order valence-corrected chi connectivity index (χ4v) is 1.79. The molecule has 0 radical (unpaired) electrons. The molecule has 2 amide bonds. The van der Waals surface area contributed by atoms with Gasteiger partial charge in [-0.15, -0.1) is 0 Å². The molecule has 5 heteroatoms. The molecule has 108 valence electrons. The van der Waals surface area contributed by atoms with Crippen LogP contribution in [0.25, 0.3) is 0 Å². The summed E-state index contributed by atoms with van der Waals surface area (Å²) in [6.45, 7) is 2.21. The third-order valence-corrected chi connectivity index (χ3v) is 3.01. The number of nitrogens with one attached hydrogen (secondary N) is 2. The summed E-state index contributed by atoms with van der Waals surface area (Å²) >= 11 is 0. The summed E-state index contributed by atoms with van der Waals surface area (Å²) in [6.07, 6.45) is 0. The van der Waals surface area contributed by atoms with E-state index in [1.54, 1.807) is 0 Å². The van der Waals surface area contributed by atoms with E-state index in [-0.39, 0.29) is 6.54 Å². The van der Waals surface area contributed by atoms with E-state index in [9.17, 15) is 14.0 Å². The molecule has 0 spiro atoms. The zero-order chi connectivity index (χ0) is 15.2. The van der Waals surface area contributed by atoms with Crippen LogP contribution in [0.15, 0.2) is 48.5 Å². The van der Waals surface area contributed by atoms with Crippen LogP contribution in [0.2, 0.25) is 0 Å². The predicted molar refractivity (Wildman–Crippen MR) is 78.1 cm³/mol. The molecule has 0 heterocycles. The van der Waals surface area contributed by atoms with E-state index in [4.69, 9.17) is 0 Å². The van der Waals surface area contributed by atoms with Gasteiger partial charge in [0.2, 0.25) is 0 Å². The fraction of sp³-hybridized carbons (Fsp3) is 0.125. The van der Waals surface area contributed by atoms with Crippen molar-refractivity contribution in [3.63, 3.8) is 0 Å². The van der Waals surface area contributed by atoms with Crippen molar-refractivity contribution < 1.29 is 14.0 Å². The number of aryl methyl sites for hydroxylation is 1. The SMILES string of the molecule is Cc1ccccc1CNC(=O)C(=O)Nc1ccc(F)cc1. The summed E-state index contributed by atoms with van der Waals surface area (Å²) in [5.41, 5.74) is 2.35. The van der Waals surface area contributed by atoms with Crippen molar-refractivity contribution in [1.82, 2.24) is 5.32 Å². The summed E-state index contributed by atoms with van der Waals surface area (Å²) in [6, 6.07) is 12.8. The molecule has 2 aromatic carbocycles. The van der Waals surface area contributed by atoms with E-state index in [0.717, 1.165) is 11.1 Å². The maximum Gasteiger partial charge on any atom is 0.313 e. The minimum Gasteiger partial charge on any atom is -0.344 e. The number of benzene rings is 2. The van der Waals surface area contributed by atoms with Gasteiger partial charge in [-0.05, 0) is 42.3 Å². The molecular weight excluding hydrogens is 271 g/mol. The van der Waals surface area contributed by atoms with Gasteiger partial charge in [0.15, 0.2) is 0 Å². The number of rotatable bonds is 3. The maximum atomic E-state index is 12.7. The average molecular weight is 286 g/mol. The molecule has 0 saturated carbocycles. The van der Waals surface area contributed by atoms with Crippen LogP contribution in [0.4, 0.5) is 10.1 Å². The van der Waals surface area contributed by atoms with Crippen LogP contribution in [0, 0.1) is 12.7 Å². The Kier molecular flexibility index (Phi) is 4.66. The molecule has 21 heavy (non-hydrogen) atoms. The number of anilines is 1. The van der Waals surface area contributed by atoms with Gasteiger partial charge in [0.25, 0.3) is 0 Å². The Morgan fingerprint density at radius 2 is 1.67 bits per heavy atom. The molecule has 2 N–H and O–H groups in total. The maximum absolute atomic E-state index is 12.7. The van der Waals surface area contributed by atoms with E-state index < -0.39 is 17.6 Å². The largest absolute Gasteiger partial charge is 0.344 e. The highest BCUT2D eigenvalue weighted by atomic mass is 19.1. The molecule has 4 nitrogen and oxygen atoms in total. The summed E-state index contributed by atoms with van der Waals surface area (Å²) in [5.74, 6) is -1.92. The lowest BCUT2D eigenvalue weighted by Gasteiger charge is -2.08. The lowest BCUT2D eigenvalue weighted by molar-refractivity contribution is -0.136. The average Bonchev–Trinajstić information content (AvgIpc) is 2.48. The number of hydrogen-bond donors (Lipinski definition) is 2. The first-order valence-electron chi connectivity index (χ1n) is 6.45. The zero-order valence-electron chi connectivity index (χ0n) is 11.5. The Morgan fingerprint density at radius 1 is 1.00 bits per heavy atom. The van der Waals surface area contributed by atoms with Crippen LogP contribution in [-0.2, 0) is 16.1 Å². The summed E-state index contributed by atoms with van der Waals surface area (Å²) in [7, 11) is 0.